The minimum absolute atomic E-state index is 0.0819. The zero-order valence-electron chi connectivity index (χ0n) is 12.3. The van der Waals surface area contributed by atoms with E-state index in [0.29, 0.717) is 0 Å². The molecule has 0 aliphatic carbocycles. The number of benzene rings is 2. The zero-order valence-corrected chi connectivity index (χ0v) is 12.3. The smallest absolute Gasteiger partial charge is 0.121 e. The van der Waals surface area contributed by atoms with Gasteiger partial charge in [0.1, 0.15) is 5.60 Å². The number of hydrogen-bond acceptors (Lipinski definition) is 2. The number of rotatable bonds is 3. The fourth-order valence-electron chi connectivity index (χ4n) is 3.09. The van der Waals surface area contributed by atoms with Crippen LogP contribution < -0.4 is 0 Å². The number of hydrogen-bond donors (Lipinski definition) is 1. The molecule has 0 saturated carbocycles. The second-order valence-corrected chi connectivity index (χ2v) is 5.72. The van der Waals surface area contributed by atoms with Crippen molar-refractivity contribution in [1.82, 2.24) is 4.90 Å². The maximum Gasteiger partial charge on any atom is 0.121 e. The van der Waals surface area contributed by atoms with E-state index in [0.717, 1.165) is 24.1 Å². The van der Waals surface area contributed by atoms with Crippen LogP contribution in [0.2, 0.25) is 0 Å². The molecule has 0 bridgehead atoms. The summed E-state index contributed by atoms with van der Waals surface area (Å²) in [5.74, 6) is 0.0819. The molecule has 1 aliphatic heterocycles. The third kappa shape index (κ3) is 2.59. The second kappa shape index (κ2) is 5.74. The summed E-state index contributed by atoms with van der Waals surface area (Å²) < 4.78 is 0. The maximum atomic E-state index is 11.6. The molecule has 2 aromatic rings. The van der Waals surface area contributed by atoms with Gasteiger partial charge in [0, 0.05) is 19.5 Å². The number of nitrogens with zero attached hydrogens (tertiary/aromatic N) is 1. The van der Waals surface area contributed by atoms with Crippen molar-refractivity contribution < 1.29 is 5.11 Å². The molecule has 2 aromatic carbocycles. The molecule has 1 atom stereocenters. The van der Waals surface area contributed by atoms with Crippen LogP contribution in [0.25, 0.3) is 0 Å². The predicted molar refractivity (Wildman–Crippen MR) is 85.8 cm³/mol. The average Bonchev–Trinajstić information content (AvgIpc) is 2.56. The SMILES string of the molecule is CN1C=C[C@@H](C(O)(c2ccccc2)c2ccccc2)CC1. The fourth-order valence-corrected chi connectivity index (χ4v) is 3.09. The van der Waals surface area contributed by atoms with Gasteiger partial charge in [-0.25, -0.2) is 0 Å². The third-order valence-electron chi connectivity index (χ3n) is 4.33. The first-order chi connectivity index (χ1) is 10.2. The van der Waals surface area contributed by atoms with Gasteiger partial charge in [-0.1, -0.05) is 66.7 Å². The van der Waals surface area contributed by atoms with E-state index in [4.69, 9.17) is 0 Å². The fraction of sp³-hybridized carbons (Fsp3) is 0.263. The van der Waals surface area contributed by atoms with Crippen molar-refractivity contribution in [3.63, 3.8) is 0 Å². The van der Waals surface area contributed by atoms with Gasteiger partial charge in [0.25, 0.3) is 0 Å². The van der Waals surface area contributed by atoms with E-state index in [-0.39, 0.29) is 5.92 Å². The Hall–Kier alpha value is -2.06. The summed E-state index contributed by atoms with van der Waals surface area (Å²) in [5.41, 5.74) is 0.936. The van der Waals surface area contributed by atoms with Gasteiger partial charge < -0.3 is 10.0 Å². The molecule has 0 amide bonds. The first kappa shape index (κ1) is 13.9. The molecule has 21 heavy (non-hydrogen) atoms. The molecule has 1 heterocycles. The Morgan fingerprint density at radius 3 is 1.90 bits per heavy atom. The largest absolute Gasteiger partial charge is 0.381 e. The van der Waals surface area contributed by atoms with Gasteiger partial charge in [-0.2, -0.15) is 0 Å². The Labute approximate surface area is 126 Å². The lowest BCUT2D eigenvalue weighted by atomic mass is 9.74. The summed E-state index contributed by atoms with van der Waals surface area (Å²) in [6.07, 6.45) is 5.14. The van der Waals surface area contributed by atoms with Crippen molar-refractivity contribution in [2.24, 2.45) is 5.92 Å². The van der Waals surface area contributed by atoms with Crippen molar-refractivity contribution in [2.45, 2.75) is 12.0 Å². The van der Waals surface area contributed by atoms with E-state index < -0.39 is 5.60 Å². The van der Waals surface area contributed by atoms with E-state index in [2.05, 4.69) is 24.2 Å². The maximum absolute atomic E-state index is 11.6. The average molecular weight is 279 g/mol. The summed E-state index contributed by atoms with van der Waals surface area (Å²) in [6.45, 7) is 0.961. The van der Waals surface area contributed by atoms with Crippen molar-refractivity contribution >= 4 is 0 Å². The van der Waals surface area contributed by atoms with Crippen LogP contribution in [0, 0.1) is 5.92 Å². The van der Waals surface area contributed by atoms with Crippen LogP contribution >= 0.6 is 0 Å². The molecule has 1 N–H and O–H groups in total. The van der Waals surface area contributed by atoms with Gasteiger partial charge in [-0.15, -0.1) is 0 Å². The lowest BCUT2D eigenvalue weighted by Crippen LogP contribution is -2.39. The zero-order chi connectivity index (χ0) is 14.7. The van der Waals surface area contributed by atoms with Crippen molar-refractivity contribution in [3.8, 4) is 0 Å². The topological polar surface area (TPSA) is 23.5 Å². The Kier molecular flexibility index (Phi) is 3.80. The Bertz CT molecular complexity index is 566. The molecule has 3 rings (SSSR count). The summed E-state index contributed by atoms with van der Waals surface area (Å²) in [6, 6.07) is 20.0. The molecule has 0 spiro atoms. The van der Waals surface area contributed by atoms with Crippen molar-refractivity contribution in [3.05, 3.63) is 84.1 Å². The van der Waals surface area contributed by atoms with Crippen LogP contribution in [-0.2, 0) is 5.60 Å². The predicted octanol–water partition coefficient (Wildman–Crippen LogP) is 3.39. The molecule has 2 nitrogen and oxygen atoms in total. The van der Waals surface area contributed by atoms with Crippen molar-refractivity contribution in [2.75, 3.05) is 13.6 Å². The molecular weight excluding hydrogens is 258 g/mol. The Morgan fingerprint density at radius 2 is 1.48 bits per heavy atom. The highest BCUT2D eigenvalue weighted by atomic mass is 16.3. The van der Waals surface area contributed by atoms with Crippen LogP contribution in [-0.4, -0.2) is 23.6 Å². The standard InChI is InChI=1S/C19H21NO/c1-20-14-12-18(13-15-20)19(21,16-8-4-2-5-9-16)17-10-6-3-7-11-17/h2-12,14,18,21H,13,15H2,1H3/t18-/m1/s1. The normalized spacial score (nSPS) is 18.8. The lowest BCUT2D eigenvalue weighted by molar-refractivity contribution is 0.0268. The minimum Gasteiger partial charge on any atom is -0.381 e. The molecular formula is C19H21NO. The van der Waals surface area contributed by atoms with E-state index in [1.807, 2.05) is 60.7 Å². The van der Waals surface area contributed by atoms with Crippen LogP contribution in [0.4, 0.5) is 0 Å². The van der Waals surface area contributed by atoms with Crippen LogP contribution in [0.1, 0.15) is 17.5 Å². The van der Waals surface area contributed by atoms with E-state index >= 15 is 0 Å². The number of aliphatic hydroxyl groups is 1. The summed E-state index contributed by atoms with van der Waals surface area (Å²) in [5, 5.41) is 11.6. The summed E-state index contributed by atoms with van der Waals surface area (Å²) >= 11 is 0. The molecule has 1 aliphatic rings. The third-order valence-corrected chi connectivity index (χ3v) is 4.33. The van der Waals surface area contributed by atoms with E-state index in [1.54, 1.807) is 0 Å². The minimum atomic E-state index is -0.972. The molecule has 0 fully saturated rings. The van der Waals surface area contributed by atoms with Crippen molar-refractivity contribution in [1.29, 1.82) is 0 Å². The molecule has 0 radical (unpaired) electrons. The van der Waals surface area contributed by atoms with E-state index in [1.165, 1.54) is 0 Å². The van der Waals surface area contributed by atoms with Gasteiger partial charge >= 0.3 is 0 Å². The molecule has 0 saturated heterocycles. The highest BCUT2D eigenvalue weighted by Crippen LogP contribution is 2.40. The molecule has 0 aromatic heterocycles. The summed E-state index contributed by atoms with van der Waals surface area (Å²) in [4.78, 5) is 2.16. The lowest BCUT2D eigenvalue weighted by Gasteiger charge is -2.38. The first-order valence-corrected chi connectivity index (χ1v) is 7.43. The van der Waals surface area contributed by atoms with Gasteiger partial charge in [-0.3, -0.25) is 0 Å². The van der Waals surface area contributed by atoms with Gasteiger partial charge in [0.15, 0.2) is 0 Å². The first-order valence-electron chi connectivity index (χ1n) is 7.43. The van der Waals surface area contributed by atoms with E-state index in [9.17, 15) is 5.11 Å². The van der Waals surface area contributed by atoms with Gasteiger partial charge in [0.05, 0.1) is 0 Å². The monoisotopic (exact) mass is 279 g/mol. The quantitative estimate of drug-likeness (QED) is 0.931. The Morgan fingerprint density at radius 1 is 0.952 bits per heavy atom. The Balaban J connectivity index is 2.10. The van der Waals surface area contributed by atoms with Crippen LogP contribution in [0.5, 0.6) is 0 Å². The van der Waals surface area contributed by atoms with Crippen LogP contribution in [0.15, 0.2) is 72.9 Å². The van der Waals surface area contributed by atoms with Gasteiger partial charge in [-0.05, 0) is 23.7 Å². The molecule has 108 valence electrons. The molecule has 0 unspecified atom stereocenters. The molecule has 2 heteroatoms. The second-order valence-electron chi connectivity index (χ2n) is 5.72. The van der Waals surface area contributed by atoms with Gasteiger partial charge in [0.2, 0.25) is 0 Å². The summed E-state index contributed by atoms with van der Waals surface area (Å²) in [7, 11) is 2.07. The highest BCUT2D eigenvalue weighted by molar-refractivity contribution is 5.38. The van der Waals surface area contributed by atoms with Crippen LogP contribution in [0.3, 0.4) is 0 Å². The highest BCUT2D eigenvalue weighted by Gasteiger charge is 2.39.